The van der Waals surface area contributed by atoms with Gasteiger partial charge in [-0.25, -0.2) is 0 Å². The van der Waals surface area contributed by atoms with Gasteiger partial charge in [0.05, 0.1) is 18.0 Å². The quantitative estimate of drug-likeness (QED) is 0.613. The number of nitriles is 1. The van der Waals surface area contributed by atoms with E-state index in [0.29, 0.717) is 5.92 Å². The lowest BCUT2D eigenvalue weighted by Crippen LogP contribution is -2.41. The molecule has 0 aromatic carbocycles. The molecule has 1 heterocycles. The molecule has 0 aromatic rings. The minimum atomic E-state index is -0.155. The van der Waals surface area contributed by atoms with Gasteiger partial charge in [0, 0.05) is 12.5 Å². The average Bonchev–Trinajstić information content (AvgIpc) is 2.17. The third kappa shape index (κ3) is 3.94. The van der Waals surface area contributed by atoms with Crippen molar-refractivity contribution in [3.05, 3.63) is 0 Å². The maximum absolute atomic E-state index is 9.07. The molecular formula is C13H20N2. The monoisotopic (exact) mass is 204 g/mol. The predicted octanol–water partition coefficient (Wildman–Crippen LogP) is 2.27. The predicted molar refractivity (Wildman–Crippen MR) is 62.0 cm³/mol. The highest BCUT2D eigenvalue weighted by Crippen LogP contribution is 2.27. The Kier molecular flexibility index (Phi) is 4.18. The first-order chi connectivity index (χ1) is 7.06. The van der Waals surface area contributed by atoms with Gasteiger partial charge in [0.2, 0.25) is 0 Å². The fraction of sp³-hybridized carbons (Fsp3) is 0.769. The molecule has 0 radical (unpaired) electrons. The molecule has 82 valence electrons. The lowest BCUT2D eigenvalue weighted by molar-refractivity contribution is 0.159. The average molecular weight is 204 g/mol. The van der Waals surface area contributed by atoms with Crippen LogP contribution in [0.15, 0.2) is 0 Å². The molecule has 0 aliphatic carbocycles. The summed E-state index contributed by atoms with van der Waals surface area (Å²) in [6, 6.07) is 2.42. The van der Waals surface area contributed by atoms with Gasteiger partial charge in [-0.1, -0.05) is 25.7 Å². The number of rotatable bonds is 1. The van der Waals surface area contributed by atoms with Crippen molar-refractivity contribution in [3.8, 4) is 17.9 Å². The number of nitrogens with zero attached hydrogens (tertiary/aromatic N) is 2. The van der Waals surface area contributed by atoms with E-state index < -0.39 is 0 Å². The number of hydrogen-bond acceptors (Lipinski definition) is 2. The zero-order valence-electron chi connectivity index (χ0n) is 10.0. The van der Waals surface area contributed by atoms with Crippen molar-refractivity contribution in [2.45, 2.75) is 33.6 Å². The van der Waals surface area contributed by atoms with Crippen molar-refractivity contribution in [1.29, 1.82) is 5.26 Å². The van der Waals surface area contributed by atoms with E-state index in [1.807, 2.05) is 0 Å². The largest absolute Gasteiger partial charge is 0.291 e. The molecule has 1 fully saturated rings. The van der Waals surface area contributed by atoms with Crippen molar-refractivity contribution in [3.63, 3.8) is 0 Å². The first kappa shape index (κ1) is 12.1. The Morgan fingerprint density at radius 2 is 2.20 bits per heavy atom. The third-order valence-electron chi connectivity index (χ3n) is 2.74. The summed E-state index contributed by atoms with van der Waals surface area (Å²) in [5.74, 6) is 6.79. The molecule has 2 nitrogen and oxygen atoms in total. The highest BCUT2D eigenvalue weighted by atomic mass is 15.1. The molecule has 0 bridgehead atoms. The molecule has 1 aliphatic heterocycles. The van der Waals surface area contributed by atoms with Crippen LogP contribution in [0.5, 0.6) is 0 Å². The van der Waals surface area contributed by atoms with Gasteiger partial charge in [-0.2, -0.15) is 5.26 Å². The Hall–Kier alpha value is -0.990. The first-order valence-corrected chi connectivity index (χ1v) is 5.68. The molecule has 1 rings (SSSR count). The van der Waals surface area contributed by atoms with Gasteiger partial charge in [0.15, 0.2) is 0 Å². The van der Waals surface area contributed by atoms with Gasteiger partial charge in [0.25, 0.3) is 0 Å². The van der Waals surface area contributed by atoms with Crippen molar-refractivity contribution in [2.24, 2.45) is 11.3 Å². The minimum Gasteiger partial charge on any atom is -0.291 e. The van der Waals surface area contributed by atoms with Crippen molar-refractivity contribution < 1.29 is 0 Å². The summed E-state index contributed by atoms with van der Waals surface area (Å²) in [4.78, 5) is 2.29. The molecule has 1 saturated heterocycles. The topological polar surface area (TPSA) is 27.0 Å². The Labute approximate surface area is 93.3 Å². The third-order valence-corrected chi connectivity index (χ3v) is 2.74. The SMILES string of the molecule is CC(C)C#CCN1CCCC(C)(C#N)C1. The highest BCUT2D eigenvalue weighted by molar-refractivity contribution is 5.06. The lowest BCUT2D eigenvalue weighted by Gasteiger charge is -2.34. The molecule has 0 saturated carbocycles. The van der Waals surface area contributed by atoms with Crippen LogP contribution < -0.4 is 0 Å². The number of piperidine rings is 1. The van der Waals surface area contributed by atoms with Gasteiger partial charge in [0.1, 0.15) is 0 Å². The molecule has 1 atom stereocenters. The van der Waals surface area contributed by atoms with Crippen LogP contribution in [0.2, 0.25) is 0 Å². The van der Waals surface area contributed by atoms with Crippen molar-refractivity contribution in [2.75, 3.05) is 19.6 Å². The Morgan fingerprint density at radius 3 is 2.80 bits per heavy atom. The van der Waals surface area contributed by atoms with E-state index in [1.165, 1.54) is 0 Å². The molecule has 1 aliphatic rings. The number of hydrogen-bond donors (Lipinski definition) is 0. The second-order valence-electron chi connectivity index (χ2n) is 4.96. The molecule has 0 amide bonds. The highest BCUT2D eigenvalue weighted by Gasteiger charge is 2.30. The van der Waals surface area contributed by atoms with Crippen LogP contribution in [0.3, 0.4) is 0 Å². The van der Waals surface area contributed by atoms with Crippen LogP contribution in [0.1, 0.15) is 33.6 Å². The van der Waals surface area contributed by atoms with Crippen LogP contribution in [-0.4, -0.2) is 24.5 Å². The lowest BCUT2D eigenvalue weighted by atomic mass is 9.83. The van der Waals surface area contributed by atoms with E-state index in [0.717, 1.165) is 32.5 Å². The van der Waals surface area contributed by atoms with Crippen LogP contribution >= 0.6 is 0 Å². The van der Waals surface area contributed by atoms with Crippen LogP contribution in [-0.2, 0) is 0 Å². The van der Waals surface area contributed by atoms with E-state index >= 15 is 0 Å². The molecular weight excluding hydrogens is 184 g/mol. The fourth-order valence-electron chi connectivity index (χ4n) is 1.93. The second-order valence-corrected chi connectivity index (χ2v) is 4.96. The van der Waals surface area contributed by atoms with Crippen LogP contribution in [0.4, 0.5) is 0 Å². The van der Waals surface area contributed by atoms with Gasteiger partial charge in [-0.15, -0.1) is 0 Å². The van der Waals surface area contributed by atoms with E-state index in [1.54, 1.807) is 0 Å². The summed E-state index contributed by atoms with van der Waals surface area (Å²) in [6.07, 6.45) is 2.14. The molecule has 1 unspecified atom stereocenters. The summed E-state index contributed by atoms with van der Waals surface area (Å²) < 4.78 is 0. The summed E-state index contributed by atoms with van der Waals surface area (Å²) in [6.45, 7) is 9.02. The Morgan fingerprint density at radius 1 is 1.47 bits per heavy atom. The number of likely N-dealkylation sites (tertiary alicyclic amines) is 1. The molecule has 0 spiro atoms. The van der Waals surface area contributed by atoms with Gasteiger partial charge in [-0.3, -0.25) is 4.90 Å². The smallest absolute Gasteiger partial charge is 0.0700 e. The zero-order valence-corrected chi connectivity index (χ0v) is 10.0. The van der Waals surface area contributed by atoms with Gasteiger partial charge < -0.3 is 0 Å². The zero-order chi connectivity index (χ0) is 11.3. The second kappa shape index (κ2) is 5.19. The summed E-state index contributed by atoms with van der Waals surface area (Å²) in [7, 11) is 0. The van der Waals surface area contributed by atoms with Gasteiger partial charge in [-0.05, 0) is 26.3 Å². The summed E-state index contributed by atoms with van der Waals surface area (Å²) in [5, 5.41) is 9.07. The Balaban J connectivity index is 2.46. The van der Waals surface area contributed by atoms with E-state index in [2.05, 4.69) is 43.6 Å². The van der Waals surface area contributed by atoms with Gasteiger partial charge >= 0.3 is 0 Å². The maximum Gasteiger partial charge on any atom is 0.0700 e. The maximum atomic E-state index is 9.07. The Bertz CT molecular complexity index is 303. The van der Waals surface area contributed by atoms with Crippen LogP contribution in [0.25, 0.3) is 0 Å². The van der Waals surface area contributed by atoms with E-state index in [9.17, 15) is 0 Å². The molecule has 0 aromatic heterocycles. The fourth-order valence-corrected chi connectivity index (χ4v) is 1.93. The molecule has 2 heteroatoms. The van der Waals surface area contributed by atoms with E-state index in [-0.39, 0.29) is 5.41 Å². The normalized spacial score (nSPS) is 26.9. The van der Waals surface area contributed by atoms with Crippen LogP contribution in [0, 0.1) is 34.5 Å². The summed E-state index contributed by atoms with van der Waals surface area (Å²) in [5.41, 5.74) is -0.155. The summed E-state index contributed by atoms with van der Waals surface area (Å²) >= 11 is 0. The molecule has 0 N–H and O–H groups in total. The van der Waals surface area contributed by atoms with Crippen molar-refractivity contribution in [1.82, 2.24) is 4.90 Å². The standard InChI is InChI=1S/C13H20N2/c1-12(2)6-4-8-15-9-5-7-13(3,10-14)11-15/h12H,5,7-9,11H2,1-3H3. The minimum absolute atomic E-state index is 0.155. The van der Waals surface area contributed by atoms with E-state index in [4.69, 9.17) is 5.26 Å². The van der Waals surface area contributed by atoms with Crippen molar-refractivity contribution >= 4 is 0 Å². The molecule has 15 heavy (non-hydrogen) atoms. The first-order valence-electron chi connectivity index (χ1n) is 5.68.